The summed E-state index contributed by atoms with van der Waals surface area (Å²) in [5.74, 6) is -0.290. The zero-order valence-corrected chi connectivity index (χ0v) is 17.9. The van der Waals surface area contributed by atoms with Gasteiger partial charge in [0.15, 0.2) is 5.16 Å². The van der Waals surface area contributed by atoms with Crippen LogP contribution in [-0.2, 0) is 4.79 Å². The number of nitro groups is 1. The van der Waals surface area contributed by atoms with Crippen molar-refractivity contribution < 1.29 is 9.72 Å². The molecule has 4 rings (SSSR count). The summed E-state index contributed by atoms with van der Waals surface area (Å²) in [6, 6.07) is 16.6. The van der Waals surface area contributed by atoms with Gasteiger partial charge in [-0.3, -0.25) is 24.3 Å². The van der Waals surface area contributed by atoms with Crippen molar-refractivity contribution in [3.8, 4) is 5.69 Å². The zero-order valence-electron chi connectivity index (χ0n) is 16.3. The van der Waals surface area contributed by atoms with Crippen LogP contribution < -0.4 is 10.9 Å². The highest BCUT2D eigenvalue weighted by molar-refractivity contribution is 7.99. The zero-order chi connectivity index (χ0) is 22.0. The molecule has 0 unspecified atom stereocenters. The monoisotopic (exact) mass is 452 g/mol. The first-order valence-corrected chi connectivity index (χ1v) is 11.0. The number of carbonyl (C=O) groups is 1. The molecule has 0 atom stereocenters. The summed E-state index contributed by atoms with van der Waals surface area (Å²) < 4.78 is 1.51. The van der Waals surface area contributed by atoms with Gasteiger partial charge in [-0.2, -0.15) is 0 Å². The van der Waals surface area contributed by atoms with Crippen molar-refractivity contribution in [3.05, 3.63) is 86.0 Å². The van der Waals surface area contributed by atoms with Crippen molar-refractivity contribution >= 4 is 50.6 Å². The number of aromatic nitrogens is 2. The summed E-state index contributed by atoms with van der Waals surface area (Å²) in [7, 11) is 0. The van der Waals surface area contributed by atoms with E-state index in [9.17, 15) is 19.7 Å². The summed E-state index contributed by atoms with van der Waals surface area (Å²) in [6.07, 6.45) is 0. The first-order valence-electron chi connectivity index (χ1n) is 9.18. The first kappa shape index (κ1) is 20.8. The maximum Gasteiger partial charge on any atom is 0.269 e. The molecular weight excluding hydrogens is 436 g/mol. The van der Waals surface area contributed by atoms with Crippen molar-refractivity contribution in [1.82, 2.24) is 9.55 Å². The number of nitro benzene ring substituents is 1. The molecule has 0 radical (unpaired) electrons. The third-order valence-corrected chi connectivity index (χ3v) is 6.25. The van der Waals surface area contributed by atoms with Crippen LogP contribution in [0.2, 0.25) is 0 Å². The van der Waals surface area contributed by atoms with Crippen molar-refractivity contribution in [2.24, 2.45) is 0 Å². The number of hydrogen-bond donors (Lipinski definition) is 1. The number of thioether (sulfide) groups is 1. The Morgan fingerprint density at radius 3 is 2.58 bits per heavy atom. The van der Waals surface area contributed by atoms with E-state index in [2.05, 4.69) is 10.3 Å². The van der Waals surface area contributed by atoms with E-state index in [0.717, 1.165) is 16.6 Å². The van der Waals surface area contributed by atoms with Crippen LogP contribution in [0.15, 0.2) is 70.6 Å². The molecule has 2 aromatic carbocycles. The fourth-order valence-corrected chi connectivity index (χ4v) is 4.71. The lowest BCUT2D eigenvalue weighted by molar-refractivity contribution is -0.384. The normalized spacial score (nSPS) is 10.9. The van der Waals surface area contributed by atoms with E-state index in [1.165, 1.54) is 40.2 Å². The van der Waals surface area contributed by atoms with E-state index < -0.39 is 4.92 Å². The fourth-order valence-electron chi connectivity index (χ4n) is 2.98. The molecule has 0 fully saturated rings. The Morgan fingerprint density at radius 2 is 1.90 bits per heavy atom. The van der Waals surface area contributed by atoms with E-state index in [4.69, 9.17) is 0 Å². The highest BCUT2D eigenvalue weighted by atomic mass is 32.2. The maximum absolute atomic E-state index is 13.1. The van der Waals surface area contributed by atoms with Gasteiger partial charge in [-0.05, 0) is 37.3 Å². The average Bonchev–Trinajstić information content (AvgIpc) is 3.14. The van der Waals surface area contributed by atoms with E-state index in [-0.39, 0.29) is 22.9 Å². The number of hydrogen-bond acceptors (Lipinski definition) is 7. The topological polar surface area (TPSA) is 107 Å². The third-order valence-electron chi connectivity index (χ3n) is 4.37. The Hall–Kier alpha value is -3.50. The van der Waals surface area contributed by atoms with Crippen molar-refractivity contribution in [2.45, 2.75) is 12.1 Å². The van der Waals surface area contributed by atoms with E-state index in [1.54, 1.807) is 0 Å². The largest absolute Gasteiger partial charge is 0.325 e. The smallest absolute Gasteiger partial charge is 0.269 e. The number of rotatable bonds is 6. The van der Waals surface area contributed by atoms with Gasteiger partial charge in [0.2, 0.25) is 5.91 Å². The molecule has 2 aromatic heterocycles. The minimum Gasteiger partial charge on any atom is -0.325 e. The Balaban J connectivity index is 1.59. The standard InChI is InChI=1S/C21H16N4O4S2/c1-13-11-17-19(31-13)23-21(24(20(17)27)15-5-3-2-4-6-15)30-12-18(26)22-14-7-9-16(10-8-14)25(28)29/h2-11H,12H2,1H3,(H,22,26). The molecule has 0 bridgehead atoms. The molecule has 2 heterocycles. The second kappa shape index (κ2) is 8.70. The highest BCUT2D eigenvalue weighted by Gasteiger charge is 2.16. The number of thiophene rings is 1. The molecule has 0 saturated carbocycles. The summed E-state index contributed by atoms with van der Waals surface area (Å²) >= 11 is 2.59. The molecule has 0 aliphatic heterocycles. The molecule has 0 aliphatic carbocycles. The van der Waals surface area contributed by atoms with E-state index in [1.807, 2.05) is 43.3 Å². The number of anilines is 1. The Bertz CT molecular complexity index is 1330. The van der Waals surface area contributed by atoms with Crippen LogP contribution in [0.1, 0.15) is 4.88 Å². The molecule has 1 N–H and O–H groups in total. The second-order valence-corrected chi connectivity index (χ2v) is 8.76. The SMILES string of the molecule is Cc1cc2c(=O)n(-c3ccccc3)c(SCC(=O)Nc3ccc([N+](=O)[O-])cc3)nc2s1. The number of amides is 1. The molecule has 10 heteroatoms. The number of nitrogens with one attached hydrogen (secondary N) is 1. The highest BCUT2D eigenvalue weighted by Crippen LogP contribution is 2.26. The van der Waals surface area contributed by atoms with Crippen LogP contribution in [0.4, 0.5) is 11.4 Å². The van der Waals surface area contributed by atoms with Crippen LogP contribution in [0.3, 0.4) is 0 Å². The molecular formula is C21H16N4O4S2. The van der Waals surface area contributed by atoms with E-state index in [0.29, 0.717) is 26.7 Å². The lowest BCUT2D eigenvalue weighted by atomic mass is 10.3. The van der Waals surface area contributed by atoms with Gasteiger partial charge in [0.05, 0.1) is 21.7 Å². The summed E-state index contributed by atoms with van der Waals surface area (Å²) in [4.78, 5) is 42.1. The minimum atomic E-state index is -0.502. The van der Waals surface area contributed by atoms with Gasteiger partial charge in [0.1, 0.15) is 4.83 Å². The minimum absolute atomic E-state index is 0.0200. The van der Waals surface area contributed by atoms with Crippen LogP contribution >= 0.6 is 23.1 Å². The number of non-ortho nitro benzene ring substituents is 1. The molecule has 0 spiro atoms. The maximum atomic E-state index is 13.1. The third kappa shape index (κ3) is 4.49. The Labute approximate surface area is 184 Å². The van der Waals surface area contributed by atoms with Gasteiger partial charge in [-0.15, -0.1) is 11.3 Å². The number of para-hydroxylation sites is 1. The summed E-state index contributed by atoms with van der Waals surface area (Å²) in [5, 5.41) is 14.4. The number of fused-ring (bicyclic) bond motifs is 1. The summed E-state index contributed by atoms with van der Waals surface area (Å²) in [6.45, 7) is 1.92. The Kier molecular flexibility index (Phi) is 5.83. The number of carbonyl (C=O) groups excluding carboxylic acids is 1. The average molecular weight is 453 g/mol. The van der Waals surface area contributed by atoms with Gasteiger partial charge < -0.3 is 5.32 Å². The molecule has 8 nitrogen and oxygen atoms in total. The quantitative estimate of drug-likeness (QED) is 0.201. The first-order chi connectivity index (χ1) is 14.9. The van der Waals surface area contributed by atoms with Crippen molar-refractivity contribution in [2.75, 3.05) is 11.1 Å². The number of aryl methyl sites for hydroxylation is 1. The molecule has 156 valence electrons. The number of nitrogens with zero attached hydrogens (tertiary/aromatic N) is 3. The molecule has 31 heavy (non-hydrogen) atoms. The lowest BCUT2D eigenvalue weighted by Gasteiger charge is -2.12. The lowest BCUT2D eigenvalue weighted by Crippen LogP contribution is -2.22. The Morgan fingerprint density at radius 1 is 1.19 bits per heavy atom. The van der Waals surface area contributed by atoms with Crippen molar-refractivity contribution in [1.29, 1.82) is 0 Å². The van der Waals surface area contributed by atoms with Crippen molar-refractivity contribution in [3.63, 3.8) is 0 Å². The van der Waals surface area contributed by atoms with E-state index >= 15 is 0 Å². The molecule has 0 aliphatic rings. The van der Waals surface area contributed by atoms with Crippen LogP contribution in [0.5, 0.6) is 0 Å². The molecule has 4 aromatic rings. The van der Waals surface area contributed by atoms with Gasteiger partial charge in [0, 0.05) is 22.7 Å². The molecule has 1 amide bonds. The van der Waals surface area contributed by atoms with Crippen LogP contribution in [0, 0.1) is 17.0 Å². The van der Waals surface area contributed by atoms with Gasteiger partial charge >= 0.3 is 0 Å². The predicted molar refractivity (Wildman–Crippen MR) is 122 cm³/mol. The van der Waals surface area contributed by atoms with Gasteiger partial charge in [-0.25, -0.2) is 4.98 Å². The number of benzene rings is 2. The molecule has 0 saturated heterocycles. The second-order valence-electron chi connectivity index (χ2n) is 6.59. The van der Waals surface area contributed by atoms with Gasteiger partial charge in [-0.1, -0.05) is 30.0 Å². The van der Waals surface area contributed by atoms with Crippen LogP contribution in [0.25, 0.3) is 15.9 Å². The summed E-state index contributed by atoms with van der Waals surface area (Å²) in [5.41, 5.74) is 0.889. The fraction of sp³-hybridized carbons (Fsp3) is 0.0952. The van der Waals surface area contributed by atoms with Crippen LogP contribution in [-0.4, -0.2) is 26.1 Å². The van der Waals surface area contributed by atoms with Gasteiger partial charge in [0.25, 0.3) is 11.2 Å². The predicted octanol–water partition coefficient (Wildman–Crippen LogP) is 4.39.